The van der Waals surface area contributed by atoms with Gasteiger partial charge in [-0.25, -0.2) is 4.98 Å². The van der Waals surface area contributed by atoms with E-state index in [1.54, 1.807) is 0 Å². The number of thiazole rings is 1. The Kier molecular flexibility index (Phi) is 3.26. The number of aromatic nitrogens is 1. The topological polar surface area (TPSA) is 68.0 Å². The van der Waals surface area contributed by atoms with Gasteiger partial charge in [-0.3, -0.25) is 4.79 Å². The predicted octanol–water partition coefficient (Wildman–Crippen LogP) is 3.06. The van der Waals surface area contributed by atoms with Crippen LogP contribution in [-0.4, -0.2) is 16.9 Å². The van der Waals surface area contributed by atoms with Gasteiger partial charge in [0.05, 0.1) is 15.6 Å². The lowest BCUT2D eigenvalue weighted by atomic mass is 9.84. The number of fused-ring (bicyclic) bond motifs is 1. The molecule has 0 radical (unpaired) electrons. The molecule has 0 saturated heterocycles. The van der Waals surface area contributed by atoms with Crippen molar-refractivity contribution in [2.75, 3.05) is 5.32 Å². The number of anilines is 1. The quantitative estimate of drug-likeness (QED) is 0.892. The molecule has 0 spiro atoms. The van der Waals surface area contributed by atoms with E-state index in [-0.39, 0.29) is 11.9 Å². The first-order chi connectivity index (χ1) is 9.49. The number of nitrogens with two attached hydrogens (primary N) is 1. The molecule has 1 aromatic carbocycles. The van der Waals surface area contributed by atoms with E-state index < -0.39 is 5.41 Å². The van der Waals surface area contributed by atoms with Crippen molar-refractivity contribution in [1.29, 1.82) is 0 Å². The van der Waals surface area contributed by atoms with Crippen LogP contribution in [0.2, 0.25) is 0 Å². The van der Waals surface area contributed by atoms with Crippen LogP contribution in [0.1, 0.15) is 31.7 Å². The van der Waals surface area contributed by atoms with Crippen molar-refractivity contribution in [3.05, 3.63) is 23.8 Å². The third kappa shape index (κ3) is 2.21. The van der Waals surface area contributed by atoms with Gasteiger partial charge in [-0.05, 0) is 44.4 Å². The molecule has 1 amide bonds. The molecule has 2 atom stereocenters. The molecule has 2 aromatic rings. The van der Waals surface area contributed by atoms with Gasteiger partial charge in [0.2, 0.25) is 5.91 Å². The summed E-state index contributed by atoms with van der Waals surface area (Å²) in [5.74, 6) is -0.00159. The second-order valence-corrected chi connectivity index (χ2v) is 6.89. The summed E-state index contributed by atoms with van der Waals surface area (Å²) in [4.78, 5) is 16.9. The molecule has 1 heterocycles. The minimum atomic E-state index is -0.465. The van der Waals surface area contributed by atoms with Gasteiger partial charge in [-0.15, -0.1) is 0 Å². The Bertz CT molecular complexity index is 666. The highest BCUT2D eigenvalue weighted by Crippen LogP contribution is 2.38. The molecule has 1 saturated carbocycles. The number of hydrogen-bond donors (Lipinski definition) is 2. The Labute approximate surface area is 122 Å². The fourth-order valence-corrected chi connectivity index (χ4v) is 3.76. The normalized spacial score (nSPS) is 26.1. The standard InChI is InChI=1S/C15H19N3OS/c1-9-5-6-10-11(8-9)20-14(17-10)18-13(19)15(2)7-3-4-12(15)16/h5-6,8,12H,3-4,7,16H2,1-2H3,(H,17,18,19). The molecular weight excluding hydrogens is 270 g/mol. The Balaban J connectivity index is 1.84. The fraction of sp³-hybridized carbons (Fsp3) is 0.467. The monoisotopic (exact) mass is 289 g/mol. The Morgan fingerprint density at radius 2 is 2.35 bits per heavy atom. The van der Waals surface area contributed by atoms with Crippen LogP contribution in [0.3, 0.4) is 0 Å². The SMILES string of the molecule is Cc1ccc2nc(NC(=O)C3(C)CCCC3N)sc2c1. The molecule has 0 aliphatic heterocycles. The lowest BCUT2D eigenvalue weighted by molar-refractivity contribution is -0.125. The van der Waals surface area contributed by atoms with Crippen LogP contribution in [-0.2, 0) is 4.79 Å². The molecule has 106 valence electrons. The molecule has 5 heteroatoms. The summed E-state index contributed by atoms with van der Waals surface area (Å²) in [5, 5.41) is 3.62. The van der Waals surface area contributed by atoms with Crippen LogP contribution >= 0.6 is 11.3 Å². The zero-order valence-electron chi connectivity index (χ0n) is 11.8. The summed E-state index contributed by atoms with van der Waals surface area (Å²) in [6.07, 6.45) is 2.79. The van der Waals surface area contributed by atoms with E-state index >= 15 is 0 Å². The van der Waals surface area contributed by atoms with Gasteiger partial charge >= 0.3 is 0 Å². The van der Waals surface area contributed by atoms with Crippen molar-refractivity contribution in [2.24, 2.45) is 11.1 Å². The van der Waals surface area contributed by atoms with Gasteiger partial charge in [0.15, 0.2) is 5.13 Å². The van der Waals surface area contributed by atoms with Crippen LogP contribution < -0.4 is 11.1 Å². The number of carbonyl (C=O) groups excluding carboxylic acids is 1. The first kappa shape index (κ1) is 13.5. The van der Waals surface area contributed by atoms with Crippen molar-refractivity contribution < 1.29 is 4.79 Å². The number of aryl methyl sites for hydroxylation is 1. The van der Waals surface area contributed by atoms with Crippen LogP contribution in [0.4, 0.5) is 5.13 Å². The average molecular weight is 289 g/mol. The summed E-state index contributed by atoms with van der Waals surface area (Å²) < 4.78 is 1.10. The van der Waals surface area contributed by atoms with E-state index in [0.717, 1.165) is 29.5 Å². The number of carbonyl (C=O) groups is 1. The van der Waals surface area contributed by atoms with Crippen LogP contribution in [0.5, 0.6) is 0 Å². The maximum absolute atomic E-state index is 12.5. The van der Waals surface area contributed by atoms with Crippen molar-refractivity contribution in [3.63, 3.8) is 0 Å². The molecular formula is C15H19N3OS. The molecule has 20 heavy (non-hydrogen) atoms. The van der Waals surface area contributed by atoms with Crippen molar-refractivity contribution in [2.45, 2.75) is 39.2 Å². The van der Waals surface area contributed by atoms with Crippen molar-refractivity contribution >= 4 is 32.6 Å². The third-order valence-corrected chi connectivity index (χ3v) is 5.25. The minimum absolute atomic E-state index is 0.00159. The Morgan fingerprint density at radius 1 is 1.55 bits per heavy atom. The van der Waals surface area contributed by atoms with E-state index in [9.17, 15) is 4.79 Å². The van der Waals surface area contributed by atoms with Gasteiger partial charge in [0.1, 0.15) is 0 Å². The number of hydrogen-bond acceptors (Lipinski definition) is 4. The number of rotatable bonds is 2. The predicted molar refractivity (Wildman–Crippen MR) is 82.9 cm³/mol. The third-order valence-electron chi connectivity index (χ3n) is 4.31. The van der Waals surface area contributed by atoms with Gasteiger partial charge in [0, 0.05) is 6.04 Å². The smallest absolute Gasteiger partial charge is 0.233 e. The number of nitrogens with zero attached hydrogens (tertiary/aromatic N) is 1. The first-order valence-electron chi connectivity index (χ1n) is 6.93. The molecule has 0 bridgehead atoms. The van der Waals surface area contributed by atoms with Crippen LogP contribution in [0, 0.1) is 12.3 Å². The second-order valence-electron chi connectivity index (χ2n) is 5.86. The maximum Gasteiger partial charge on any atom is 0.233 e. The molecule has 3 rings (SSSR count). The van der Waals surface area contributed by atoms with Gasteiger partial charge in [0.25, 0.3) is 0 Å². The van der Waals surface area contributed by atoms with Gasteiger partial charge < -0.3 is 11.1 Å². The number of nitrogens with one attached hydrogen (secondary N) is 1. The fourth-order valence-electron chi connectivity index (χ4n) is 2.80. The van der Waals surface area contributed by atoms with Crippen LogP contribution in [0.15, 0.2) is 18.2 Å². The highest BCUT2D eigenvalue weighted by molar-refractivity contribution is 7.22. The highest BCUT2D eigenvalue weighted by Gasteiger charge is 2.43. The van der Waals surface area contributed by atoms with E-state index in [2.05, 4.69) is 23.3 Å². The first-order valence-corrected chi connectivity index (χ1v) is 7.75. The Hall–Kier alpha value is -1.46. The minimum Gasteiger partial charge on any atom is -0.327 e. The van der Waals surface area contributed by atoms with Crippen molar-refractivity contribution in [3.8, 4) is 0 Å². The molecule has 2 unspecified atom stereocenters. The van der Waals surface area contributed by atoms with E-state index in [0.29, 0.717) is 5.13 Å². The molecule has 4 nitrogen and oxygen atoms in total. The summed E-state index contributed by atoms with van der Waals surface area (Å²) in [5.41, 5.74) is 7.75. The highest BCUT2D eigenvalue weighted by atomic mass is 32.1. The van der Waals surface area contributed by atoms with Gasteiger partial charge in [-0.2, -0.15) is 0 Å². The summed E-state index contributed by atoms with van der Waals surface area (Å²) in [6.45, 7) is 4.01. The Morgan fingerprint density at radius 3 is 3.05 bits per heavy atom. The molecule has 1 aliphatic rings. The zero-order chi connectivity index (χ0) is 14.3. The lowest BCUT2D eigenvalue weighted by Crippen LogP contribution is -2.44. The lowest BCUT2D eigenvalue weighted by Gasteiger charge is -2.26. The average Bonchev–Trinajstić information content (AvgIpc) is 2.94. The molecule has 3 N–H and O–H groups in total. The number of amides is 1. The largest absolute Gasteiger partial charge is 0.327 e. The molecule has 1 aliphatic carbocycles. The summed E-state index contributed by atoms with van der Waals surface area (Å²) in [7, 11) is 0. The molecule has 1 fully saturated rings. The van der Waals surface area contributed by atoms with E-state index in [1.165, 1.54) is 16.9 Å². The van der Waals surface area contributed by atoms with E-state index in [1.807, 2.05) is 19.1 Å². The van der Waals surface area contributed by atoms with Crippen molar-refractivity contribution in [1.82, 2.24) is 4.98 Å². The second kappa shape index (κ2) is 4.82. The maximum atomic E-state index is 12.5. The summed E-state index contributed by atoms with van der Waals surface area (Å²) >= 11 is 1.51. The van der Waals surface area contributed by atoms with E-state index in [4.69, 9.17) is 5.73 Å². The number of benzene rings is 1. The van der Waals surface area contributed by atoms with Gasteiger partial charge in [-0.1, -0.05) is 23.8 Å². The zero-order valence-corrected chi connectivity index (χ0v) is 12.6. The van der Waals surface area contributed by atoms with Crippen LogP contribution in [0.25, 0.3) is 10.2 Å². The molecule has 1 aromatic heterocycles. The summed E-state index contributed by atoms with van der Waals surface area (Å²) in [6, 6.07) is 6.05.